The third-order valence-electron chi connectivity index (χ3n) is 2.58. The second-order valence-corrected chi connectivity index (χ2v) is 5.84. The molecule has 0 saturated heterocycles. The molecule has 0 aliphatic carbocycles. The van der Waals surface area contributed by atoms with E-state index in [0.717, 1.165) is 18.2 Å². The summed E-state index contributed by atoms with van der Waals surface area (Å²) in [5, 5.41) is 9.25. The number of aromatic hydroxyl groups is 1. The Kier molecular flexibility index (Phi) is 4.01. The topological polar surface area (TPSA) is 66.4 Å². The molecule has 0 aliphatic heterocycles. The molecule has 2 N–H and O–H groups in total. The van der Waals surface area contributed by atoms with Crippen molar-refractivity contribution >= 4 is 10.0 Å². The largest absolute Gasteiger partial charge is 0.508 e. The van der Waals surface area contributed by atoms with Gasteiger partial charge in [-0.15, -0.1) is 0 Å². The summed E-state index contributed by atoms with van der Waals surface area (Å²) in [6.07, 6.45) is 0. The fourth-order valence-electron chi connectivity index (χ4n) is 1.56. The van der Waals surface area contributed by atoms with E-state index in [1.807, 2.05) is 0 Å². The molecule has 20 heavy (non-hydrogen) atoms. The van der Waals surface area contributed by atoms with Crippen LogP contribution in [0.3, 0.4) is 0 Å². The van der Waals surface area contributed by atoms with Gasteiger partial charge in [-0.05, 0) is 35.9 Å². The molecule has 0 unspecified atom stereocenters. The van der Waals surface area contributed by atoms with Crippen LogP contribution in [0.25, 0.3) is 0 Å². The first-order valence-electron chi connectivity index (χ1n) is 5.61. The zero-order chi connectivity index (χ0) is 14.8. The lowest BCUT2D eigenvalue weighted by molar-refractivity contribution is 0.473. The maximum atomic E-state index is 13.0. The highest BCUT2D eigenvalue weighted by Crippen LogP contribution is 2.16. The Morgan fingerprint density at radius 3 is 2.45 bits per heavy atom. The van der Waals surface area contributed by atoms with Gasteiger partial charge >= 0.3 is 0 Å². The quantitative estimate of drug-likeness (QED) is 0.909. The summed E-state index contributed by atoms with van der Waals surface area (Å²) in [4.78, 5) is -0.111. The minimum atomic E-state index is -3.83. The van der Waals surface area contributed by atoms with Crippen LogP contribution in [0.4, 0.5) is 8.78 Å². The van der Waals surface area contributed by atoms with Gasteiger partial charge in [-0.25, -0.2) is 21.9 Å². The van der Waals surface area contributed by atoms with Gasteiger partial charge in [0, 0.05) is 6.54 Å². The minimum absolute atomic E-state index is 0.111. The summed E-state index contributed by atoms with van der Waals surface area (Å²) in [7, 11) is -3.83. The normalized spacial score (nSPS) is 11.5. The standard InChI is InChI=1S/C13H11F2NO3S/c14-12-5-4-9(6-13(12)15)8-16-20(18,19)11-3-1-2-10(17)7-11/h1-7,16-17H,8H2. The Morgan fingerprint density at radius 2 is 1.80 bits per heavy atom. The highest BCUT2D eigenvalue weighted by atomic mass is 32.2. The first-order valence-corrected chi connectivity index (χ1v) is 7.09. The summed E-state index contributed by atoms with van der Waals surface area (Å²) < 4.78 is 51.8. The number of rotatable bonds is 4. The van der Waals surface area contributed by atoms with Gasteiger partial charge in [0.2, 0.25) is 10.0 Å². The Labute approximate surface area is 114 Å². The predicted octanol–water partition coefficient (Wildman–Crippen LogP) is 2.15. The van der Waals surface area contributed by atoms with Gasteiger partial charge in [-0.2, -0.15) is 0 Å². The molecule has 0 radical (unpaired) electrons. The fourth-order valence-corrected chi connectivity index (χ4v) is 2.62. The smallest absolute Gasteiger partial charge is 0.241 e. The van der Waals surface area contributed by atoms with E-state index in [-0.39, 0.29) is 22.8 Å². The predicted molar refractivity (Wildman–Crippen MR) is 68.5 cm³/mol. The van der Waals surface area contributed by atoms with E-state index in [2.05, 4.69) is 4.72 Å². The van der Waals surface area contributed by atoms with Crippen LogP contribution in [-0.4, -0.2) is 13.5 Å². The van der Waals surface area contributed by atoms with Crippen LogP contribution in [0.1, 0.15) is 5.56 Å². The molecule has 0 bridgehead atoms. The molecule has 0 spiro atoms. The number of halogens is 2. The lowest BCUT2D eigenvalue weighted by Gasteiger charge is -2.07. The monoisotopic (exact) mass is 299 g/mol. The highest BCUT2D eigenvalue weighted by molar-refractivity contribution is 7.89. The van der Waals surface area contributed by atoms with Crippen molar-refractivity contribution in [1.29, 1.82) is 0 Å². The van der Waals surface area contributed by atoms with Crippen LogP contribution in [0, 0.1) is 11.6 Å². The maximum absolute atomic E-state index is 13.0. The Balaban J connectivity index is 2.15. The molecular formula is C13H11F2NO3S. The number of hydrogen-bond acceptors (Lipinski definition) is 3. The van der Waals surface area contributed by atoms with Gasteiger partial charge in [-0.3, -0.25) is 0 Å². The SMILES string of the molecule is O=S(=O)(NCc1ccc(F)c(F)c1)c1cccc(O)c1. The average Bonchev–Trinajstić information content (AvgIpc) is 2.40. The highest BCUT2D eigenvalue weighted by Gasteiger charge is 2.14. The summed E-state index contributed by atoms with van der Waals surface area (Å²) in [6.45, 7) is -0.185. The summed E-state index contributed by atoms with van der Waals surface area (Å²) in [6, 6.07) is 8.26. The number of nitrogens with one attached hydrogen (secondary N) is 1. The minimum Gasteiger partial charge on any atom is -0.508 e. The molecule has 4 nitrogen and oxygen atoms in total. The molecule has 2 aromatic carbocycles. The van der Waals surface area contributed by atoms with Crippen LogP contribution in [-0.2, 0) is 16.6 Å². The van der Waals surface area contributed by atoms with E-state index >= 15 is 0 Å². The first kappa shape index (κ1) is 14.4. The second-order valence-electron chi connectivity index (χ2n) is 4.07. The van der Waals surface area contributed by atoms with E-state index in [4.69, 9.17) is 0 Å². The Bertz CT molecular complexity index is 732. The van der Waals surface area contributed by atoms with E-state index in [1.54, 1.807) is 0 Å². The molecule has 0 heterocycles. The van der Waals surface area contributed by atoms with Crippen molar-refractivity contribution < 1.29 is 22.3 Å². The summed E-state index contributed by atoms with van der Waals surface area (Å²) >= 11 is 0. The van der Waals surface area contributed by atoms with Crippen molar-refractivity contribution in [3.63, 3.8) is 0 Å². The molecular weight excluding hydrogens is 288 g/mol. The lowest BCUT2D eigenvalue weighted by Crippen LogP contribution is -2.23. The van der Waals surface area contributed by atoms with Gasteiger partial charge < -0.3 is 5.11 Å². The second kappa shape index (κ2) is 5.56. The third kappa shape index (κ3) is 3.31. The van der Waals surface area contributed by atoms with Crippen molar-refractivity contribution in [2.75, 3.05) is 0 Å². The molecule has 0 amide bonds. The number of phenolic OH excluding ortho intramolecular Hbond substituents is 1. The van der Waals surface area contributed by atoms with Crippen LogP contribution >= 0.6 is 0 Å². The molecule has 106 valence electrons. The van der Waals surface area contributed by atoms with E-state index in [9.17, 15) is 22.3 Å². The average molecular weight is 299 g/mol. The van der Waals surface area contributed by atoms with Crippen molar-refractivity contribution in [1.82, 2.24) is 4.72 Å². The number of benzene rings is 2. The van der Waals surface area contributed by atoms with Crippen molar-refractivity contribution in [3.05, 3.63) is 59.7 Å². The number of sulfonamides is 1. The van der Waals surface area contributed by atoms with Gasteiger partial charge in [-0.1, -0.05) is 12.1 Å². The molecule has 0 saturated carbocycles. The number of phenols is 1. The van der Waals surface area contributed by atoms with Gasteiger partial charge in [0.15, 0.2) is 11.6 Å². The van der Waals surface area contributed by atoms with Gasteiger partial charge in [0.1, 0.15) is 5.75 Å². The lowest BCUT2D eigenvalue weighted by atomic mass is 10.2. The van der Waals surface area contributed by atoms with Crippen molar-refractivity contribution in [2.24, 2.45) is 0 Å². The van der Waals surface area contributed by atoms with Crippen molar-refractivity contribution in [2.45, 2.75) is 11.4 Å². The van der Waals surface area contributed by atoms with Crippen LogP contribution < -0.4 is 4.72 Å². The van der Waals surface area contributed by atoms with Crippen LogP contribution in [0.15, 0.2) is 47.4 Å². The van der Waals surface area contributed by atoms with Crippen LogP contribution in [0.5, 0.6) is 5.75 Å². The van der Waals surface area contributed by atoms with Crippen molar-refractivity contribution in [3.8, 4) is 5.75 Å². The molecule has 0 aromatic heterocycles. The molecule has 0 atom stereocenters. The molecule has 2 aromatic rings. The van der Waals surface area contributed by atoms with E-state index < -0.39 is 21.7 Å². The van der Waals surface area contributed by atoms with Gasteiger partial charge in [0.25, 0.3) is 0 Å². The summed E-state index contributed by atoms with van der Waals surface area (Å²) in [5.74, 6) is -2.22. The Morgan fingerprint density at radius 1 is 1.05 bits per heavy atom. The number of hydrogen-bond donors (Lipinski definition) is 2. The molecule has 0 aliphatic rings. The van der Waals surface area contributed by atoms with Gasteiger partial charge in [0.05, 0.1) is 4.90 Å². The zero-order valence-electron chi connectivity index (χ0n) is 10.2. The van der Waals surface area contributed by atoms with E-state index in [0.29, 0.717) is 0 Å². The third-order valence-corrected chi connectivity index (χ3v) is 3.98. The van der Waals surface area contributed by atoms with Crippen LogP contribution in [0.2, 0.25) is 0 Å². The maximum Gasteiger partial charge on any atom is 0.241 e. The molecule has 0 fully saturated rings. The Hall–Kier alpha value is -1.99. The fraction of sp³-hybridized carbons (Fsp3) is 0.0769. The molecule has 2 rings (SSSR count). The first-order chi connectivity index (χ1) is 9.38. The molecule has 7 heteroatoms. The summed E-state index contributed by atoms with van der Waals surface area (Å²) in [5.41, 5.74) is 0.285. The zero-order valence-corrected chi connectivity index (χ0v) is 11.0. The van der Waals surface area contributed by atoms with E-state index in [1.165, 1.54) is 24.3 Å².